The highest BCUT2D eigenvalue weighted by molar-refractivity contribution is 7.89. The summed E-state index contributed by atoms with van der Waals surface area (Å²) in [4.78, 5) is 12.7. The van der Waals surface area contributed by atoms with Crippen molar-refractivity contribution < 1.29 is 13.2 Å². The molecule has 1 amide bonds. The molecule has 0 atom stereocenters. The lowest BCUT2D eigenvalue weighted by Crippen LogP contribution is -2.36. The van der Waals surface area contributed by atoms with Crippen molar-refractivity contribution in [1.82, 2.24) is 9.62 Å². The number of sulfonamides is 1. The van der Waals surface area contributed by atoms with Crippen molar-refractivity contribution >= 4 is 15.9 Å². The second-order valence-electron chi connectivity index (χ2n) is 4.20. The van der Waals surface area contributed by atoms with E-state index in [-0.39, 0.29) is 22.9 Å². The molecule has 0 heterocycles. The van der Waals surface area contributed by atoms with E-state index in [9.17, 15) is 13.2 Å². The highest BCUT2D eigenvalue weighted by Gasteiger charge is 2.18. The van der Waals surface area contributed by atoms with Gasteiger partial charge in [0, 0.05) is 14.1 Å². The molecule has 0 bridgehead atoms. The summed E-state index contributed by atoms with van der Waals surface area (Å²) in [5, 5.41) is 8.78. The Bertz CT molecular complexity index is 630. The van der Waals surface area contributed by atoms with Crippen LogP contribution in [-0.2, 0) is 14.8 Å². The first kappa shape index (κ1) is 15.1. The number of benzene rings is 1. The standard InChI is InChI=1S/C12H15N3O3S/c1-9-4-5-10(7-13)6-11(9)19(17,18)14-8-12(16)15(2)3/h4-6,14H,8H2,1-3H3. The Kier molecular flexibility index (Phi) is 4.64. The fourth-order valence-corrected chi connectivity index (χ4v) is 2.59. The Morgan fingerprint density at radius 2 is 2.05 bits per heavy atom. The minimum Gasteiger partial charge on any atom is -0.348 e. The van der Waals surface area contributed by atoms with Gasteiger partial charge in [0.2, 0.25) is 15.9 Å². The number of amides is 1. The summed E-state index contributed by atoms with van der Waals surface area (Å²) in [5.74, 6) is -0.349. The molecule has 0 saturated carbocycles. The third-order valence-corrected chi connectivity index (χ3v) is 4.06. The van der Waals surface area contributed by atoms with Crippen molar-refractivity contribution in [3.05, 3.63) is 29.3 Å². The molecule has 0 radical (unpaired) electrons. The molecule has 0 saturated heterocycles. The zero-order chi connectivity index (χ0) is 14.6. The first-order chi connectivity index (χ1) is 8.77. The van der Waals surface area contributed by atoms with Crippen LogP contribution in [0.25, 0.3) is 0 Å². The van der Waals surface area contributed by atoms with E-state index < -0.39 is 10.0 Å². The second-order valence-corrected chi connectivity index (χ2v) is 5.94. The Morgan fingerprint density at radius 3 is 2.58 bits per heavy atom. The number of hydrogen-bond acceptors (Lipinski definition) is 4. The van der Waals surface area contributed by atoms with Crippen LogP contribution >= 0.6 is 0 Å². The molecule has 0 aliphatic heterocycles. The third-order valence-electron chi connectivity index (χ3n) is 2.52. The SMILES string of the molecule is Cc1ccc(C#N)cc1S(=O)(=O)NCC(=O)N(C)C. The molecule has 0 fully saturated rings. The maximum atomic E-state index is 12.1. The van der Waals surface area contributed by atoms with Crippen molar-refractivity contribution in [2.24, 2.45) is 0 Å². The molecule has 1 N–H and O–H groups in total. The number of rotatable bonds is 4. The summed E-state index contributed by atoms with van der Waals surface area (Å²) in [7, 11) is -0.721. The molecular weight excluding hydrogens is 266 g/mol. The summed E-state index contributed by atoms with van der Waals surface area (Å²) < 4.78 is 26.3. The first-order valence-corrected chi connectivity index (χ1v) is 6.97. The smallest absolute Gasteiger partial charge is 0.241 e. The highest BCUT2D eigenvalue weighted by atomic mass is 32.2. The van der Waals surface area contributed by atoms with Gasteiger partial charge in [-0.25, -0.2) is 13.1 Å². The maximum Gasteiger partial charge on any atom is 0.241 e. The number of nitrogens with one attached hydrogen (secondary N) is 1. The molecular formula is C12H15N3O3S. The largest absolute Gasteiger partial charge is 0.348 e. The summed E-state index contributed by atoms with van der Waals surface area (Å²) in [6, 6.07) is 6.27. The van der Waals surface area contributed by atoms with Crippen LogP contribution in [0.2, 0.25) is 0 Å². The van der Waals surface area contributed by atoms with Gasteiger partial charge in [-0.05, 0) is 24.6 Å². The highest BCUT2D eigenvalue weighted by Crippen LogP contribution is 2.16. The zero-order valence-electron chi connectivity index (χ0n) is 11.0. The van der Waals surface area contributed by atoms with Gasteiger partial charge in [-0.1, -0.05) is 6.07 Å². The van der Waals surface area contributed by atoms with E-state index in [1.165, 1.54) is 25.1 Å². The lowest BCUT2D eigenvalue weighted by atomic mass is 10.2. The van der Waals surface area contributed by atoms with Gasteiger partial charge in [0.25, 0.3) is 0 Å². The van der Waals surface area contributed by atoms with Gasteiger partial charge >= 0.3 is 0 Å². The number of carbonyl (C=O) groups is 1. The Balaban J connectivity index is 3.01. The molecule has 0 unspecified atom stereocenters. The van der Waals surface area contributed by atoms with Crippen LogP contribution in [0.4, 0.5) is 0 Å². The van der Waals surface area contributed by atoms with Crippen LogP contribution in [0.1, 0.15) is 11.1 Å². The van der Waals surface area contributed by atoms with Crippen LogP contribution in [-0.4, -0.2) is 39.9 Å². The van der Waals surface area contributed by atoms with Gasteiger partial charge in [0.05, 0.1) is 23.1 Å². The molecule has 1 rings (SSSR count). The molecule has 0 aliphatic carbocycles. The fraction of sp³-hybridized carbons (Fsp3) is 0.333. The third kappa shape index (κ3) is 3.77. The van der Waals surface area contributed by atoms with E-state index in [0.29, 0.717) is 5.56 Å². The van der Waals surface area contributed by atoms with Crippen molar-refractivity contribution in [3.63, 3.8) is 0 Å². The van der Waals surface area contributed by atoms with Gasteiger partial charge in [-0.15, -0.1) is 0 Å². The number of carbonyl (C=O) groups excluding carboxylic acids is 1. The average Bonchev–Trinajstić information content (AvgIpc) is 2.36. The number of nitriles is 1. The molecule has 1 aromatic rings. The van der Waals surface area contributed by atoms with E-state index in [1.54, 1.807) is 19.1 Å². The molecule has 6 nitrogen and oxygen atoms in total. The van der Waals surface area contributed by atoms with E-state index in [1.807, 2.05) is 6.07 Å². The molecule has 102 valence electrons. The predicted octanol–water partition coefficient (Wildman–Crippen LogP) is 0.233. The van der Waals surface area contributed by atoms with Crippen molar-refractivity contribution in [3.8, 4) is 6.07 Å². The van der Waals surface area contributed by atoms with E-state index in [4.69, 9.17) is 5.26 Å². The van der Waals surface area contributed by atoms with Crippen LogP contribution in [0.15, 0.2) is 23.1 Å². The fourth-order valence-electron chi connectivity index (χ4n) is 1.35. The van der Waals surface area contributed by atoms with Crippen molar-refractivity contribution in [1.29, 1.82) is 5.26 Å². The Labute approximate surface area is 112 Å². The van der Waals surface area contributed by atoms with Crippen molar-refractivity contribution in [2.75, 3.05) is 20.6 Å². The van der Waals surface area contributed by atoms with Gasteiger partial charge in [0.1, 0.15) is 0 Å². The Hall–Kier alpha value is -1.91. The quantitative estimate of drug-likeness (QED) is 0.855. The van der Waals surface area contributed by atoms with E-state index in [0.717, 1.165) is 0 Å². The summed E-state index contributed by atoms with van der Waals surface area (Å²) >= 11 is 0. The molecule has 7 heteroatoms. The molecule has 1 aromatic carbocycles. The number of hydrogen-bond donors (Lipinski definition) is 1. The van der Waals surface area contributed by atoms with E-state index in [2.05, 4.69) is 4.72 Å². The lowest BCUT2D eigenvalue weighted by Gasteiger charge is -2.12. The molecule has 19 heavy (non-hydrogen) atoms. The minimum atomic E-state index is -3.80. The van der Waals surface area contributed by atoms with Gasteiger partial charge in [-0.2, -0.15) is 5.26 Å². The Morgan fingerprint density at radius 1 is 1.42 bits per heavy atom. The minimum absolute atomic E-state index is 0.0121. The summed E-state index contributed by atoms with van der Waals surface area (Å²) in [5.41, 5.74) is 0.772. The molecule has 0 aromatic heterocycles. The van der Waals surface area contributed by atoms with Crippen LogP contribution in [0, 0.1) is 18.3 Å². The number of nitrogens with zero attached hydrogens (tertiary/aromatic N) is 2. The topological polar surface area (TPSA) is 90.3 Å². The van der Waals surface area contributed by atoms with Crippen molar-refractivity contribution in [2.45, 2.75) is 11.8 Å². The predicted molar refractivity (Wildman–Crippen MR) is 69.8 cm³/mol. The number of aryl methyl sites for hydroxylation is 1. The van der Waals surface area contributed by atoms with E-state index >= 15 is 0 Å². The molecule has 0 spiro atoms. The zero-order valence-corrected chi connectivity index (χ0v) is 11.8. The van der Waals surface area contributed by atoms with Crippen LogP contribution < -0.4 is 4.72 Å². The summed E-state index contributed by atoms with van der Waals surface area (Å²) in [6.45, 7) is 1.31. The first-order valence-electron chi connectivity index (χ1n) is 5.48. The maximum absolute atomic E-state index is 12.1. The normalized spacial score (nSPS) is 10.8. The monoisotopic (exact) mass is 281 g/mol. The van der Waals surface area contributed by atoms with Gasteiger partial charge < -0.3 is 4.90 Å². The lowest BCUT2D eigenvalue weighted by molar-refractivity contribution is -0.127. The molecule has 0 aliphatic rings. The van der Waals surface area contributed by atoms with Gasteiger partial charge in [0.15, 0.2) is 0 Å². The second kappa shape index (κ2) is 5.82. The van der Waals surface area contributed by atoms with Gasteiger partial charge in [-0.3, -0.25) is 4.79 Å². The summed E-state index contributed by atoms with van der Waals surface area (Å²) in [6.07, 6.45) is 0. The van der Waals surface area contributed by atoms with Crippen LogP contribution in [0.3, 0.4) is 0 Å². The number of likely N-dealkylation sites (N-methyl/N-ethyl adjacent to an activating group) is 1. The van der Waals surface area contributed by atoms with Crippen LogP contribution in [0.5, 0.6) is 0 Å². The average molecular weight is 281 g/mol.